The van der Waals surface area contributed by atoms with Crippen LogP contribution in [0.25, 0.3) is 11.3 Å². The molecule has 4 aromatic heterocycles. The van der Waals surface area contributed by atoms with Gasteiger partial charge in [-0.1, -0.05) is 35.8 Å². The highest BCUT2D eigenvalue weighted by atomic mass is 19.1. The molecule has 9 nitrogen and oxygen atoms in total. The van der Waals surface area contributed by atoms with Crippen LogP contribution in [0.15, 0.2) is 107 Å². The first kappa shape index (κ1) is 35.3. The predicted octanol–water partition coefficient (Wildman–Crippen LogP) is 4.90. The molecule has 1 fully saturated rings. The van der Waals surface area contributed by atoms with Gasteiger partial charge < -0.3 is 14.6 Å². The lowest BCUT2D eigenvalue weighted by molar-refractivity contribution is 0.183. The number of benzene rings is 2. The summed E-state index contributed by atoms with van der Waals surface area (Å²) in [5, 5.41) is 9.06. The molecule has 11 heteroatoms. The van der Waals surface area contributed by atoms with Gasteiger partial charge in [0.15, 0.2) is 0 Å². The smallest absolute Gasteiger partial charge is 0.263 e. The SMILES string of the molecule is C1CCOC1.COCc1cnc2cc(C#Cc3cccc(F)c3)ccn2c1=O.O=c1c(CO)cnc2cc(C#Cc3cccc(F)c3)ccn12. The lowest BCUT2D eigenvalue weighted by atomic mass is 10.2. The Morgan fingerprint density at radius 3 is 1.60 bits per heavy atom. The molecule has 0 radical (unpaired) electrons. The Labute approximate surface area is 286 Å². The summed E-state index contributed by atoms with van der Waals surface area (Å²) in [4.78, 5) is 32.5. The molecule has 0 amide bonds. The molecule has 252 valence electrons. The van der Waals surface area contributed by atoms with Crippen molar-refractivity contribution in [2.24, 2.45) is 0 Å². The van der Waals surface area contributed by atoms with Crippen molar-refractivity contribution >= 4 is 11.3 Å². The van der Waals surface area contributed by atoms with Crippen LogP contribution in [0.4, 0.5) is 8.78 Å². The molecule has 7 rings (SSSR count). The summed E-state index contributed by atoms with van der Waals surface area (Å²) >= 11 is 0. The maximum atomic E-state index is 13.1. The summed E-state index contributed by atoms with van der Waals surface area (Å²) in [6.45, 7) is 1.87. The number of fused-ring (bicyclic) bond motifs is 2. The van der Waals surface area contributed by atoms with Crippen molar-refractivity contribution in [2.45, 2.75) is 26.1 Å². The fraction of sp³-hybridized carbons (Fsp3) is 0.179. The Bertz CT molecular complexity index is 2360. The zero-order valence-corrected chi connectivity index (χ0v) is 27.1. The molecule has 1 aliphatic rings. The first-order valence-corrected chi connectivity index (χ1v) is 15.6. The molecule has 50 heavy (non-hydrogen) atoms. The van der Waals surface area contributed by atoms with E-state index in [-0.39, 0.29) is 41.5 Å². The molecule has 5 heterocycles. The lowest BCUT2D eigenvalue weighted by Crippen LogP contribution is -2.19. The van der Waals surface area contributed by atoms with Crippen LogP contribution in [0.2, 0.25) is 0 Å². The number of aromatic nitrogens is 4. The number of pyridine rings is 2. The maximum absolute atomic E-state index is 13.1. The van der Waals surface area contributed by atoms with E-state index in [4.69, 9.17) is 14.6 Å². The Morgan fingerprint density at radius 2 is 1.18 bits per heavy atom. The van der Waals surface area contributed by atoms with Gasteiger partial charge >= 0.3 is 0 Å². The Kier molecular flexibility index (Phi) is 12.3. The van der Waals surface area contributed by atoms with Crippen LogP contribution >= 0.6 is 0 Å². The minimum absolute atomic E-state index is 0.165. The number of hydrogen-bond acceptors (Lipinski definition) is 7. The predicted molar refractivity (Wildman–Crippen MR) is 184 cm³/mol. The monoisotopic (exact) mass is 674 g/mol. The van der Waals surface area contributed by atoms with Gasteiger partial charge in [0.05, 0.1) is 24.3 Å². The number of methoxy groups -OCH3 is 1. The van der Waals surface area contributed by atoms with Gasteiger partial charge in [0.25, 0.3) is 11.1 Å². The number of halogens is 2. The summed E-state index contributed by atoms with van der Waals surface area (Å²) in [6, 6.07) is 18.9. The average molecular weight is 675 g/mol. The molecule has 2 aromatic carbocycles. The zero-order chi connectivity index (χ0) is 35.3. The number of rotatable bonds is 3. The molecule has 0 unspecified atom stereocenters. The summed E-state index contributed by atoms with van der Waals surface area (Å²) in [7, 11) is 1.53. The maximum Gasteiger partial charge on any atom is 0.263 e. The summed E-state index contributed by atoms with van der Waals surface area (Å²) in [5.41, 5.74) is 3.70. The number of aliphatic hydroxyl groups is 1. The quantitative estimate of drug-likeness (QED) is 0.266. The molecule has 1 saturated heterocycles. The van der Waals surface area contributed by atoms with Gasteiger partial charge in [-0.15, -0.1) is 0 Å². The second-order valence-electron chi connectivity index (χ2n) is 10.9. The molecular formula is C39H32F2N4O5. The van der Waals surface area contributed by atoms with Gasteiger partial charge in [0, 0.05) is 67.4 Å². The molecular weight excluding hydrogens is 642 g/mol. The van der Waals surface area contributed by atoms with Gasteiger partial charge in [0.2, 0.25) is 0 Å². The van der Waals surface area contributed by atoms with E-state index in [1.807, 2.05) is 0 Å². The van der Waals surface area contributed by atoms with E-state index < -0.39 is 0 Å². The molecule has 0 saturated carbocycles. The van der Waals surface area contributed by atoms with Gasteiger partial charge in [-0.05, 0) is 73.5 Å². The van der Waals surface area contributed by atoms with Crippen LogP contribution in [0.5, 0.6) is 0 Å². The van der Waals surface area contributed by atoms with Crippen molar-refractivity contribution in [3.63, 3.8) is 0 Å². The number of ether oxygens (including phenoxy) is 2. The summed E-state index contributed by atoms with van der Waals surface area (Å²) in [5.74, 6) is 10.9. The normalized spacial score (nSPS) is 11.7. The molecule has 0 aliphatic carbocycles. The van der Waals surface area contributed by atoms with E-state index in [2.05, 4.69) is 33.6 Å². The van der Waals surface area contributed by atoms with Crippen molar-refractivity contribution in [2.75, 3.05) is 20.3 Å². The highest BCUT2D eigenvalue weighted by Gasteiger charge is 2.05. The van der Waals surface area contributed by atoms with Crippen LogP contribution in [-0.4, -0.2) is 44.2 Å². The van der Waals surface area contributed by atoms with Gasteiger partial charge in [-0.2, -0.15) is 0 Å². The molecule has 6 aromatic rings. The van der Waals surface area contributed by atoms with Crippen LogP contribution in [0.3, 0.4) is 0 Å². The fourth-order valence-corrected chi connectivity index (χ4v) is 4.68. The Balaban J connectivity index is 0.000000170. The zero-order valence-electron chi connectivity index (χ0n) is 27.1. The highest BCUT2D eigenvalue weighted by molar-refractivity contribution is 5.51. The van der Waals surface area contributed by atoms with Crippen molar-refractivity contribution < 1.29 is 23.4 Å². The largest absolute Gasteiger partial charge is 0.391 e. The van der Waals surface area contributed by atoms with Gasteiger partial charge in [-0.25, -0.2) is 18.7 Å². The van der Waals surface area contributed by atoms with Crippen molar-refractivity contribution in [1.82, 2.24) is 18.8 Å². The van der Waals surface area contributed by atoms with E-state index in [0.717, 1.165) is 13.2 Å². The Hall–Kier alpha value is -5.98. The number of nitrogens with zero attached hydrogens (tertiary/aromatic N) is 4. The third-order valence-electron chi connectivity index (χ3n) is 7.21. The first-order valence-electron chi connectivity index (χ1n) is 15.6. The van der Waals surface area contributed by atoms with Crippen LogP contribution in [-0.2, 0) is 22.7 Å². The Morgan fingerprint density at radius 1 is 0.720 bits per heavy atom. The van der Waals surface area contributed by atoms with Crippen LogP contribution in [0, 0.1) is 35.3 Å². The summed E-state index contributed by atoms with van der Waals surface area (Å²) in [6.07, 6.45) is 8.59. The van der Waals surface area contributed by atoms with Crippen molar-refractivity contribution in [1.29, 1.82) is 0 Å². The van der Waals surface area contributed by atoms with Crippen molar-refractivity contribution in [3.05, 3.63) is 163 Å². The van der Waals surface area contributed by atoms with Gasteiger partial charge in [0.1, 0.15) is 22.9 Å². The van der Waals surface area contributed by atoms with E-state index in [1.165, 1.54) is 65.4 Å². The minimum Gasteiger partial charge on any atom is -0.391 e. The second kappa shape index (κ2) is 17.4. The fourth-order valence-electron chi connectivity index (χ4n) is 4.68. The lowest BCUT2D eigenvalue weighted by Gasteiger charge is -2.03. The second-order valence-corrected chi connectivity index (χ2v) is 10.9. The third-order valence-corrected chi connectivity index (χ3v) is 7.21. The average Bonchev–Trinajstić information content (AvgIpc) is 3.73. The molecule has 0 bridgehead atoms. The van der Waals surface area contributed by atoms with E-state index in [9.17, 15) is 18.4 Å². The topological polar surface area (TPSA) is 107 Å². The van der Waals surface area contributed by atoms with E-state index in [0.29, 0.717) is 39.1 Å². The van der Waals surface area contributed by atoms with Crippen LogP contribution < -0.4 is 11.1 Å². The highest BCUT2D eigenvalue weighted by Crippen LogP contribution is 2.07. The van der Waals surface area contributed by atoms with Crippen LogP contribution in [0.1, 0.15) is 46.2 Å². The molecule has 0 atom stereocenters. The molecule has 0 spiro atoms. The van der Waals surface area contributed by atoms with Crippen molar-refractivity contribution in [3.8, 4) is 23.7 Å². The molecule has 1 N–H and O–H groups in total. The summed E-state index contributed by atoms with van der Waals surface area (Å²) < 4.78 is 38.9. The minimum atomic E-state index is -0.351. The third kappa shape index (κ3) is 9.56. The number of aliphatic hydroxyl groups excluding tert-OH is 1. The van der Waals surface area contributed by atoms with Gasteiger partial charge in [-0.3, -0.25) is 18.4 Å². The standard InChI is InChI=1S/C18H13FN2O2.C17H11FN2O2.C4H8O/c1-23-12-15-11-20-17-10-14(7-8-21(17)18(15)22)6-5-13-3-2-4-16(19)9-13;18-15-3-1-2-12(8-15)4-5-13-6-7-20-16(9-13)19-10-14(11-21)17(20)22;1-2-4-5-3-1/h2-4,7-11H,12H2,1H3;1-3,6-10,21H,11H2;1-4H2. The first-order chi connectivity index (χ1) is 24.3. The molecule has 1 aliphatic heterocycles. The number of hydrogen-bond donors (Lipinski definition) is 1. The van der Waals surface area contributed by atoms with E-state index in [1.54, 1.807) is 60.9 Å². The van der Waals surface area contributed by atoms with E-state index >= 15 is 0 Å².